The number of methoxy groups -OCH3 is 2. The first kappa shape index (κ1) is 78.6. The van der Waals surface area contributed by atoms with Gasteiger partial charge in [-0.25, -0.2) is 0 Å². The number of piperidine rings is 2. The van der Waals surface area contributed by atoms with Crippen molar-refractivity contribution in [3.63, 3.8) is 0 Å². The van der Waals surface area contributed by atoms with Crippen LogP contribution in [0.15, 0.2) is 133 Å². The molecule has 0 unspecified atom stereocenters. The molecule has 0 aliphatic carbocycles. The van der Waals surface area contributed by atoms with E-state index in [2.05, 4.69) is 103 Å². The number of likely N-dealkylation sites (tertiary alicyclic amines) is 2. The molecule has 3 N–H and O–H groups in total. The second-order valence-electron chi connectivity index (χ2n) is 21.1. The van der Waals surface area contributed by atoms with Crippen molar-refractivity contribution >= 4 is 113 Å². The molecule has 0 aromatic heterocycles. The molecular weight excluding hydrogens is 1270 g/mol. The molecule has 4 heterocycles. The summed E-state index contributed by atoms with van der Waals surface area (Å²) in [5, 5.41) is 7.64. The fraction of sp³-hybridized carbons (Fsp3) is 0.394. The predicted molar refractivity (Wildman–Crippen MR) is 357 cm³/mol. The number of aldehydes is 1. The number of halogens is 6. The molecule has 4 aliphatic rings. The van der Waals surface area contributed by atoms with E-state index in [9.17, 15) is 14.4 Å². The number of hydrogen-bond acceptors (Lipinski definition) is 14. The largest absolute Gasteiger partial charge is 1.00 e. The number of carbonyl (C=O) groups is 3. The number of nitrogens with zero attached hydrogens (tertiary/aromatic N) is 5. The number of esters is 2. The van der Waals surface area contributed by atoms with Gasteiger partial charge in [0.2, 0.25) is 0 Å². The van der Waals surface area contributed by atoms with E-state index in [1.165, 1.54) is 62.2 Å². The second kappa shape index (κ2) is 42.5. The zero-order chi connectivity index (χ0) is 63.3. The van der Waals surface area contributed by atoms with Crippen LogP contribution in [0.2, 0.25) is 30.1 Å². The minimum Gasteiger partial charge on any atom is 1.00 e. The first-order chi connectivity index (χ1) is 42.0. The number of piperazine rings is 2. The van der Waals surface area contributed by atoms with Crippen LogP contribution in [0.3, 0.4) is 0 Å². The van der Waals surface area contributed by atoms with Gasteiger partial charge in [-0.2, -0.15) is 6.92 Å². The Balaban J connectivity index is 0.000000338. The van der Waals surface area contributed by atoms with Crippen LogP contribution in [-0.2, 0) is 41.7 Å². The van der Waals surface area contributed by atoms with E-state index in [1.807, 2.05) is 66.7 Å². The van der Waals surface area contributed by atoms with Gasteiger partial charge in [0.25, 0.3) is 0 Å². The summed E-state index contributed by atoms with van der Waals surface area (Å²) in [5.41, 5.74) is 7.18. The normalized spacial score (nSPS) is 16.9. The van der Waals surface area contributed by atoms with Gasteiger partial charge in [0, 0.05) is 98.8 Å². The van der Waals surface area contributed by atoms with Gasteiger partial charge in [-0.3, -0.25) is 30.6 Å². The van der Waals surface area contributed by atoms with Crippen molar-refractivity contribution in [3.05, 3.63) is 186 Å². The van der Waals surface area contributed by atoms with Crippen molar-refractivity contribution in [1.82, 2.24) is 20.0 Å². The van der Waals surface area contributed by atoms with E-state index in [4.69, 9.17) is 88.6 Å². The van der Waals surface area contributed by atoms with Crippen molar-refractivity contribution < 1.29 is 73.1 Å². The van der Waals surface area contributed by atoms with Gasteiger partial charge in [-0.05, 0) is 165 Å². The van der Waals surface area contributed by atoms with E-state index in [1.54, 1.807) is 20.3 Å². The summed E-state index contributed by atoms with van der Waals surface area (Å²) in [4.78, 5) is 51.3. The van der Waals surface area contributed by atoms with Crippen LogP contribution in [0, 0.1) is 11.8 Å². The van der Waals surface area contributed by atoms with Crippen LogP contribution >= 0.6 is 69.6 Å². The van der Waals surface area contributed by atoms with Crippen LogP contribution in [-0.4, -0.2) is 139 Å². The number of ether oxygens (including phenoxy) is 3. The van der Waals surface area contributed by atoms with Gasteiger partial charge < -0.3 is 44.4 Å². The third-order valence-electron chi connectivity index (χ3n) is 15.1. The molecule has 473 valence electrons. The molecular formula is C66H79BCl6N6NaO9. The van der Waals surface area contributed by atoms with Gasteiger partial charge in [0.05, 0.1) is 47.7 Å². The van der Waals surface area contributed by atoms with Crippen molar-refractivity contribution in [1.29, 1.82) is 0 Å². The number of benzene rings is 6. The van der Waals surface area contributed by atoms with E-state index in [-0.39, 0.29) is 53.0 Å². The maximum absolute atomic E-state index is 10.7. The number of nitrogens with one attached hydrogen (secondary N) is 1. The van der Waals surface area contributed by atoms with Crippen LogP contribution < -0.4 is 54.1 Å². The zero-order valence-corrected chi connectivity index (χ0v) is 58.0. The maximum atomic E-state index is 10.7. The Morgan fingerprint density at radius 1 is 0.573 bits per heavy atom. The van der Waals surface area contributed by atoms with Gasteiger partial charge in [-0.15, -0.1) is 0 Å². The van der Waals surface area contributed by atoms with E-state index in [0.29, 0.717) is 20.1 Å². The molecule has 0 amide bonds. The molecule has 4 fully saturated rings. The average molecular weight is 1350 g/mol. The first-order valence-electron chi connectivity index (χ1n) is 28.7. The van der Waals surface area contributed by atoms with Gasteiger partial charge in [-0.1, -0.05) is 118 Å². The molecule has 15 nitrogen and oxygen atoms in total. The first-order valence-corrected chi connectivity index (χ1v) is 31.0. The molecule has 2 atom stereocenters. The molecule has 0 bridgehead atoms. The zero-order valence-electron chi connectivity index (χ0n) is 51.5. The average Bonchev–Trinajstić information content (AvgIpc) is 1.34. The Morgan fingerprint density at radius 3 is 1.37 bits per heavy atom. The third kappa shape index (κ3) is 26.9. The van der Waals surface area contributed by atoms with Gasteiger partial charge in [0.15, 0.2) is 0 Å². The quantitative estimate of drug-likeness (QED) is 0.0381. The second-order valence-corrected chi connectivity index (χ2v) is 23.7. The Labute approximate surface area is 578 Å². The molecule has 4 saturated heterocycles. The predicted octanol–water partition coefficient (Wildman–Crippen LogP) is 10.2. The summed E-state index contributed by atoms with van der Waals surface area (Å²) in [5.74, 6) is 1.69. The van der Waals surface area contributed by atoms with Crippen LogP contribution in [0.4, 0.5) is 11.4 Å². The molecule has 6 aromatic rings. The Kier molecular flexibility index (Phi) is 37.6. The SMILES string of the molecule is CC(=O)OC(C)=O.COc1ccc(CN2CCC(C=O)CC2)cc1.COc1ccc(CN2CCC(CN3CCN(c4ccc(Cl)cc4Cl)[C@H](c4ccc(Cl)cc4)C3)CC2)cc1.C[C-]=O.Clc1ccc([C@@H]2CNCCN2c2ccc(Cl)cc2Cl)cc1.O.[B]=O.[Na+]. The van der Waals surface area contributed by atoms with E-state index >= 15 is 0 Å². The maximum Gasteiger partial charge on any atom is 1.00 e. The van der Waals surface area contributed by atoms with Crippen molar-refractivity contribution in [3.8, 4) is 11.5 Å². The molecule has 0 saturated carbocycles. The molecule has 89 heavy (non-hydrogen) atoms. The minimum atomic E-state index is -0.562. The monoisotopic (exact) mass is 1340 g/mol. The van der Waals surface area contributed by atoms with Crippen molar-refractivity contribution in [2.24, 2.45) is 11.8 Å². The molecule has 6 aromatic carbocycles. The summed E-state index contributed by atoms with van der Waals surface area (Å²) in [6.07, 6.45) is 7.08. The number of hydrogen-bond donors (Lipinski definition) is 1. The summed E-state index contributed by atoms with van der Waals surface area (Å²) >= 11 is 37.4. The molecule has 23 heteroatoms. The summed E-state index contributed by atoms with van der Waals surface area (Å²) in [7, 11) is 6.64. The summed E-state index contributed by atoms with van der Waals surface area (Å²) < 4.78 is 22.1. The van der Waals surface area contributed by atoms with Crippen molar-refractivity contribution in [2.75, 3.05) is 96.0 Å². The standard InChI is InChI=1S/C30H34Cl3N3O.C16H15Cl3N2.C14H19NO2.C4H6O3.C2H3O.BO.Na.H2O/c1-37-27-9-2-22(3-10-27)19-34-14-12-23(13-15-34)20-35-16-17-36(29-11-8-26(32)18-28(29)33)30(21-35)24-4-6-25(31)7-5-24;17-12-3-1-11(2-4-12)16-10-20-7-8-21(16)15-6-5-13(18)9-14(15)19;1-17-14-4-2-12(3-5-14)10-15-8-6-13(11-16)7-9-15;1-3(5)7-4(2)6;1-2-3;1-2;;/h2-11,18,23,30H,12-17,19-21H2,1H3;1-6,9,16,20H,7-8,10H2;2-5,11,13H,6-10H2,1H3;1-2H3;1H3;;;1H2/q;;;;-1;;+1;/t30-;16-;;;;;;/m00....../s1. The number of rotatable bonds is 13. The number of carbonyl (C=O) groups excluding carboxylic acids is 4. The fourth-order valence-electron chi connectivity index (χ4n) is 10.8. The van der Waals surface area contributed by atoms with Crippen LogP contribution in [0.5, 0.6) is 11.5 Å². The topological polar surface area (TPSA) is 173 Å². The molecule has 10 rings (SSSR count). The van der Waals surface area contributed by atoms with E-state index in [0.717, 1.165) is 143 Å². The molecule has 4 aliphatic heterocycles. The summed E-state index contributed by atoms with van der Waals surface area (Å²) in [6.45, 7) is 16.8. The van der Waals surface area contributed by atoms with Gasteiger partial charge in [0.1, 0.15) is 17.8 Å². The van der Waals surface area contributed by atoms with Gasteiger partial charge >= 0.3 is 53.9 Å². The van der Waals surface area contributed by atoms with E-state index < -0.39 is 11.9 Å². The van der Waals surface area contributed by atoms with Crippen molar-refractivity contribution in [2.45, 2.75) is 71.6 Å². The smallest absolute Gasteiger partial charge is 1.00 e. The Bertz CT molecular complexity index is 3030. The third-order valence-corrected chi connectivity index (χ3v) is 16.7. The van der Waals surface area contributed by atoms with Crippen LogP contribution in [0.1, 0.15) is 80.8 Å². The molecule has 1 radical (unpaired) electrons. The summed E-state index contributed by atoms with van der Waals surface area (Å²) in [6, 6.07) is 44.8. The molecule has 0 spiro atoms. The van der Waals surface area contributed by atoms with Crippen LogP contribution in [0.25, 0.3) is 0 Å². The fourth-order valence-corrected chi connectivity index (χ4v) is 12.1. The Hall–Kier alpha value is -4.60. The minimum absolute atomic E-state index is 0. The Morgan fingerprint density at radius 2 is 0.978 bits per heavy atom. The number of anilines is 2.